The zero-order valence-electron chi connectivity index (χ0n) is 31.7. The first kappa shape index (κ1) is 41.5. The lowest BCUT2D eigenvalue weighted by Gasteiger charge is -2.33. The molecule has 1 saturated heterocycles. The molecule has 0 radical (unpaired) electrons. The number of carbonyl (C=O) groups is 2. The zero-order chi connectivity index (χ0) is 39.7. The average molecular weight is 792 g/mol. The summed E-state index contributed by atoms with van der Waals surface area (Å²) in [5, 5.41) is 6.79. The number of nitrogens with one attached hydrogen (secondary N) is 2. The fourth-order valence-electron chi connectivity index (χ4n) is 6.81. The van der Waals surface area contributed by atoms with Gasteiger partial charge in [-0.05, 0) is 97.3 Å². The molecular formula is C35H47B2ClF3N7O5S. The predicted octanol–water partition coefficient (Wildman–Crippen LogP) is 5.49. The quantitative estimate of drug-likeness (QED) is 0.0937. The molecule has 292 valence electrons. The number of amides is 2. The Morgan fingerprint density at radius 1 is 1.11 bits per heavy atom. The maximum Gasteiger partial charge on any atom is 0.410 e. The van der Waals surface area contributed by atoms with E-state index in [2.05, 4.69) is 39.0 Å². The number of halogens is 4. The Morgan fingerprint density at radius 2 is 1.83 bits per heavy atom. The first-order valence-electron chi connectivity index (χ1n) is 17.9. The highest BCUT2D eigenvalue weighted by molar-refractivity contribution is 7.90. The number of pyridine rings is 2. The van der Waals surface area contributed by atoms with Crippen molar-refractivity contribution < 1.29 is 36.8 Å². The SMILES string of the molecule is BC(B)(COc1ccn(-c2ccc(C(=O)N[S+]([O-])c3cccc(NCCCC4CN(C(=O)OC(C)(C)C)C(C)(C)C4)n3)c(Cl)n2)n1)CC1(C(F)(F)F)CC1. The van der Waals surface area contributed by atoms with Crippen LogP contribution in [0.15, 0.2) is 47.6 Å². The monoisotopic (exact) mass is 791 g/mol. The highest BCUT2D eigenvalue weighted by Gasteiger charge is 2.64. The summed E-state index contributed by atoms with van der Waals surface area (Å²) in [4.78, 5) is 36.2. The van der Waals surface area contributed by atoms with Crippen LogP contribution in [0.5, 0.6) is 5.88 Å². The largest absolute Gasteiger partial charge is 0.587 e. The van der Waals surface area contributed by atoms with E-state index in [4.69, 9.17) is 21.1 Å². The maximum absolute atomic E-state index is 13.5. The number of anilines is 1. The normalized spacial score (nSPS) is 18.6. The summed E-state index contributed by atoms with van der Waals surface area (Å²) in [5.41, 5.74) is -2.51. The van der Waals surface area contributed by atoms with Crippen LogP contribution >= 0.6 is 11.6 Å². The van der Waals surface area contributed by atoms with Crippen LogP contribution in [0.1, 0.15) is 83.5 Å². The van der Waals surface area contributed by atoms with Crippen LogP contribution in [0.4, 0.5) is 23.8 Å². The van der Waals surface area contributed by atoms with Crippen molar-refractivity contribution in [1.82, 2.24) is 29.4 Å². The lowest BCUT2D eigenvalue weighted by atomic mass is 9.51. The molecule has 0 aromatic carbocycles. The number of carbonyl (C=O) groups excluding carboxylic acids is 2. The van der Waals surface area contributed by atoms with E-state index in [9.17, 15) is 27.3 Å². The van der Waals surface area contributed by atoms with Gasteiger partial charge in [0.2, 0.25) is 5.88 Å². The van der Waals surface area contributed by atoms with E-state index in [0.29, 0.717) is 24.8 Å². The van der Waals surface area contributed by atoms with Crippen LogP contribution in [-0.4, -0.2) is 93.9 Å². The summed E-state index contributed by atoms with van der Waals surface area (Å²) in [6.07, 6.45) is -0.152. The second-order valence-corrected chi connectivity index (χ2v) is 18.1. The van der Waals surface area contributed by atoms with Gasteiger partial charge in [0.15, 0.2) is 5.82 Å². The number of hydrogen-bond acceptors (Lipinski definition) is 9. The minimum Gasteiger partial charge on any atom is -0.587 e. The van der Waals surface area contributed by atoms with Crippen molar-refractivity contribution in [2.45, 2.75) is 101 Å². The topological polar surface area (TPSA) is 147 Å². The first-order chi connectivity index (χ1) is 25.1. The molecule has 2 aliphatic rings. The molecule has 2 unspecified atom stereocenters. The highest BCUT2D eigenvalue weighted by Crippen LogP contribution is 2.63. The number of alkyl halides is 3. The van der Waals surface area contributed by atoms with Gasteiger partial charge in [0, 0.05) is 37.0 Å². The lowest BCUT2D eigenvalue weighted by Crippen LogP contribution is -2.45. The minimum absolute atomic E-state index is 0.0209. The lowest BCUT2D eigenvalue weighted by molar-refractivity contribution is -0.190. The minimum atomic E-state index is -4.24. The summed E-state index contributed by atoms with van der Waals surface area (Å²) in [6.45, 7) is 11.0. The van der Waals surface area contributed by atoms with Crippen LogP contribution in [0, 0.1) is 11.3 Å². The van der Waals surface area contributed by atoms with E-state index >= 15 is 0 Å². The molecule has 2 amide bonds. The van der Waals surface area contributed by atoms with E-state index in [1.807, 2.05) is 25.7 Å². The highest BCUT2D eigenvalue weighted by atomic mass is 35.5. The molecule has 19 heteroatoms. The van der Waals surface area contributed by atoms with Crippen LogP contribution in [-0.2, 0) is 16.1 Å². The Bertz CT molecular complexity index is 1820. The van der Waals surface area contributed by atoms with Crippen LogP contribution in [0.2, 0.25) is 10.4 Å². The predicted molar refractivity (Wildman–Crippen MR) is 205 cm³/mol. The van der Waals surface area contributed by atoms with Crippen molar-refractivity contribution in [1.29, 1.82) is 0 Å². The molecule has 1 aliphatic heterocycles. The standard InChI is InChI=1S/C35H47B2ClF3N7O5S/c1-31(2,3)53-30(50)47-19-22(18-32(47,4)5)8-7-16-42-24-9-6-10-27(43-24)54(51)46-29(49)23-11-12-25(44-28(23)38)48-17-13-26(45-48)52-21-34(36,37)20-33(14-15-33)35(39,40)41/h6,9-13,17,22H,7-8,14-16,18-21,36-37H2,1-5H3,(H,42,43)(H,46,49). The van der Waals surface area contributed by atoms with E-state index < -0.39 is 39.7 Å². The van der Waals surface area contributed by atoms with Gasteiger partial charge in [-0.3, -0.25) is 4.79 Å². The number of nitrogens with zero attached hydrogens (tertiary/aromatic N) is 5. The molecule has 2 atom stereocenters. The van der Waals surface area contributed by atoms with E-state index in [1.165, 1.54) is 22.9 Å². The summed E-state index contributed by atoms with van der Waals surface area (Å²) >= 11 is 4.35. The van der Waals surface area contributed by atoms with E-state index in [-0.39, 0.29) is 64.9 Å². The van der Waals surface area contributed by atoms with Gasteiger partial charge in [-0.25, -0.2) is 14.5 Å². The van der Waals surface area contributed by atoms with Gasteiger partial charge in [0.1, 0.15) is 43.6 Å². The van der Waals surface area contributed by atoms with Crippen molar-refractivity contribution in [3.63, 3.8) is 0 Å². The molecule has 0 bridgehead atoms. The molecular weight excluding hydrogens is 745 g/mol. The molecule has 5 rings (SSSR count). The fourth-order valence-corrected chi connectivity index (χ4v) is 7.82. The third-order valence-corrected chi connectivity index (χ3v) is 10.8. The number of likely N-dealkylation sites (tertiary alicyclic amines) is 1. The van der Waals surface area contributed by atoms with Crippen molar-refractivity contribution in [2.75, 3.05) is 25.0 Å². The number of ether oxygens (including phenoxy) is 2. The van der Waals surface area contributed by atoms with E-state index in [1.54, 1.807) is 40.1 Å². The number of rotatable bonds is 14. The van der Waals surface area contributed by atoms with Crippen LogP contribution in [0.3, 0.4) is 0 Å². The molecule has 12 nitrogen and oxygen atoms in total. The Balaban J connectivity index is 1.09. The average Bonchev–Trinajstić information content (AvgIpc) is 3.56. The maximum atomic E-state index is 13.5. The van der Waals surface area contributed by atoms with Gasteiger partial charge in [0.05, 0.1) is 17.6 Å². The fraction of sp³-hybridized carbons (Fsp3) is 0.571. The Kier molecular flexibility index (Phi) is 12.2. The summed E-state index contributed by atoms with van der Waals surface area (Å²) in [7, 11) is 3.48. The molecule has 1 saturated carbocycles. The Hall–Kier alpha value is -3.63. The number of aromatic nitrogens is 4. The molecule has 1 aliphatic carbocycles. The van der Waals surface area contributed by atoms with Gasteiger partial charge in [-0.15, -0.1) is 5.10 Å². The summed E-state index contributed by atoms with van der Waals surface area (Å²) in [5.74, 6) is 0.566. The summed E-state index contributed by atoms with van der Waals surface area (Å²) < 4.78 is 68.6. The molecule has 4 heterocycles. The van der Waals surface area contributed by atoms with Gasteiger partial charge < -0.3 is 24.2 Å². The molecule has 2 N–H and O–H groups in total. The molecule has 3 aromatic heterocycles. The Morgan fingerprint density at radius 3 is 2.48 bits per heavy atom. The molecule has 3 aromatic rings. The van der Waals surface area contributed by atoms with Gasteiger partial charge in [0.25, 0.3) is 10.9 Å². The van der Waals surface area contributed by atoms with Crippen LogP contribution in [0.25, 0.3) is 5.82 Å². The second kappa shape index (κ2) is 15.8. The van der Waals surface area contributed by atoms with Crippen LogP contribution < -0.4 is 14.8 Å². The van der Waals surface area contributed by atoms with Gasteiger partial charge in [-0.1, -0.05) is 22.9 Å². The number of hydrogen-bond donors (Lipinski definition) is 2. The third-order valence-electron chi connectivity index (χ3n) is 9.53. The zero-order valence-corrected chi connectivity index (χ0v) is 33.3. The summed E-state index contributed by atoms with van der Waals surface area (Å²) in [6, 6.07) is 9.43. The second-order valence-electron chi connectivity index (χ2n) is 16.6. The van der Waals surface area contributed by atoms with Crippen molar-refractivity contribution in [2.24, 2.45) is 11.3 Å². The third kappa shape index (κ3) is 10.6. The van der Waals surface area contributed by atoms with Gasteiger partial charge >= 0.3 is 12.3 Å². The van der Waals surface area contributed by atoms with E-state index in [0.717, 1.165) is 19.3 Å². The molecule has 2 fully saturated rings. The molecule has 54 heavy (non-hydrogen) atoms. The van der Waals surface area contributed by atoms with Crippen molar-refractivity contribution in [3.05, 3.63) is 53.3 Å². The van der Waals surface area contributed by atoms with Gasteiger partial charge in [-0.2, -0.15) is 22.9 Å². The first-order valence-corrected chi connectivity index (χ1v) is 19.5. The van der Waals surface area contributed by atoms with Crippen molar-refractivity contribution >= 4 is 56.5 Å². The smallest absolute Gasteiger partial charge is 0.410 e. The Labute approximate surface area is 323 Å². The van der Waals surface area contributed by atoms with Crippen molar-refractivity contribution in [3.8, 4) is 11.7 Å². The molecule has 0 spiro atoms.